The molecule has 0 fully saturated rings. The van der Waals surface area contributed by atoms with Crippen molar-refractivity contribution in [2.24, 2.45) is 0 Å². The highest BCUT2D eigenvalue weighted by Crippen LogP contribution is 2.40. The van der Waals surface area contributed by atoms with Gasteiger partial charge >= 0.3 is 0 Å². The summed E-state index contributed by atoms with van der Waals surface area (Å²) in [6.45, 7) is 6.32. The third kappa shape index (κ3) is 5.43. The van der Waals surface area contributed by atoms with E-state index in [9.17, 15) is 13.2 Å². The quantitative estimate of drug-likeness (QED) is 0.351. The predicted molar refractivity (Wildman–Crippen MR) is 153 cm³/mol. The van der Waals surface area contributed by atoms with Crippen LogP contribution < -0.4 is 19.1 Å². The fourth-order valence-electron chi connectivity index (χ4n) is 4.61. The molecular formula is C31H32N2O5S. The van der Waals surface area contributed by atoms with Crippen molar-refractivity contribution in [3.8, 4) is 11.5 Å². The van der Waals surface area contributed by atoms with Gasteiger partial charge in [-0.3, -0.25) is 9.10 Å². The first-order valence-electron chi connectivity index (χ1n) is 12.8. The zero-order valence-corrected chi connectivity index (χ0v) is 23.3. The van der Waals surface area contributed by atoms with E-state index in [0.29, 0.717) is 23.7 Å². The Hall–Kier alpha value is -4.04. The van der Waals surface area contributed by atoms with E-state index in [1.807, 2.05) is 54.6 Å². The van der Waals surface area contributed by atoms with Gasteiger partial charge in [0.1, 0.15) is 11.5 Å². The Labute approximate surface area is 229 Å². The van der Waals surface area contributed by atoms with Crippen LogP contribution in [0.2, 0.25) is 0 Å². The molecule has 1 aliphatic heterocycles. The molecule has 4 aromatic rings. The number of benzene rings is 4. The second kappa shape index (κ2) is 10.3. The van der Waals surface area contributed by atoms with Crippen LogP contribution in [0.5, 0.6) is 11.5 Å². The maximum Gasteiger partial charge on any atom is 0.264 e. The average Bonchev–Trinajstić information content (AvgIpc) is 2.94. The fraction of sp³-hybridized carbons (Fsp3) is 0.258. The molecule has 4 aromatic carbocycles. The molecule has 0 spiro atoms. The van der Waals surface area contributed by atoms with Crippen molar-refractivity contribution in [2.45, 2.75) is 43.7 Å². The molecule has 0 radical (unpaired) electrons. The number of methoxy groups -OCH3 is 1. The van der Waals surface area contributed by atoms with E-state index >= 15 is 0 Å². The van der Waals surface area contributed by atoms with E-state index in [1.54, 1.807) is 18.2 Å². The number of amides is 1. The molecule has 5 rings (SSSR count). The molecule has 0 saturated heterocycles. The molecule has 1 amide bonds. The minimum absolute atomic E-state index is 0.104. The Morgan fingerprint density at radius 3 is 2.38 bits per heavy atom. The molecule has 0 aliphatic carbocycles. The van der Waals surface area contributed by atoms with Gasteiger partial charge in [-0.05, 0) is 69.8 Å². The van der Waals surface area contributed by atoms with Gasteiger partial charge in [-0.2, -0.15) is 0 Å². The third-order valence-corrected chi connectivity index (χ3v) is 8.71. The van der Waals surface area contributed by atoms with E-state index in [4.69, 9.17) is 9.47 Å². The monoisotopic (exact) mass is 544 g/mol. The van der Waals surface area contributed by atoms with Gasteiger partial charge < -0.3 is 14.8 Å². The molecule has 8 heteroatoms. The molecule has 0 bridgehead atoms. The first-order valence-corrected chi connectivity index (χ1v) is 14.2. The molecule has 1 atom stereocenters. The van der Waals surface area contributed by atoms with E-state index < -0.39 is 16.1 Å². The summed E-state index contributed by atoms with van der Waals surface area (Å²) in [6, 6.07) is 25.7. The number of hydrogen-bond acceptors (Lipinski definition) is 5. The summed E-state index contributed by atoms with van der Waals surface area (Å²) in [5.74, 6) is 0.512. The Bertz CT molecular complexity index is 1630. The van der Waals surface area contributed by atoms with Gasteiger partial charge in [-0.25, -0.2) is 8.42 Å². The minimum Gasteiger partial charge on any atom is -0.497 e. The maximum absolute atomic E-state index is 13.9. The number of ether oxygens (including phenoxy) is 2. The lowest BCUT2D eigenvalue weighted by atomic mass is 9.86. The normalized spacial score (nSPS) is 15.4. The number of fused-ring (bicyclic) bond motifs is 2. The van der Waals surface area contributed by atoms with Crippen LogP contribution >= 0.6 is 0 Å². The van der Waals surface area contributed by atoms with Crippen LogP contribution in [0.25, 0.3) is 10.8 Å². The molecule has 1 aliphatic rings. The average molecular weight is 545 g/mol. The van der Waals surface area contributed by atoms with Crippen molar-refractivity contribution >= 4 is 32.4 Å². The molecule has 7 nitrogen and oxygen atoms in total. The van der Waals surface area contributed by atoms with Crippen LogP contribution in [-0.2, 0) is 26.8 Å². The summed E-state index contributed by atoms with van der Waals surface area (Å²) in [5, 5.41) is 5.13. The highest BCUT2D eigenvalue weighted by Gasteiger charge is 2.38. The number of carbonyl (C=O) groups excluding carboxylic acids is 1. The van der Waals surface area contributed by atoms with Gasteiger partial charge in [0.05, 0.1) is 24.2 Å². The van der Waals surface area contributed by atoms with Crippen molar-refractivity contribution < 1.29 is 22.7 Å². The summed E-state index contributed by atoms with van der Waals surface area (Å²) in [6.07, 6.45) is -1.02. The molecule has 39 heavy (non-hydrogen) atoms. The first kappa shape index (κ1) is 26.6. The standard InChI is InChI=1S/C31H32N2O5S/c1-31(2,3)24-11-16-28-27(18-24)33(39(35,36)26-14-12-25(37-4)13-15-26)20-29(38-28)30(34)32-19-21-9-10-22-7-5-6-8-23(22)17-21/h5-18,29H,19-20H2,1-4H3,(H,32,34)/t29-/m0/s1. The lowest BCUT2D eigenvalue weighted by molar-refractivity contribution is -0.127. The molecule has 0 aromatic heterocycles. The second-order valence-electron chi connectivity index (χ2n) is 10.6. The lowest BCUT2D eigenvalue weighted by Crippen LogP contribution is -2.50. The van der Waals surface area contributed by atoms with E-state index in [1.165, 1.54) is 23.5 Å². The summed E-state index contributed by atoms with van der Waals surface area (Å²) >= 11 is 0. The van der Waals surface area contributed by atoms with Crippen LogP contribution in [0.3, 0.4) is 0 Å². The van der Waals surface area contributed by atoms with E-state index in [-0.39, 0.29) is 22.8 Å². The number of sulfonamides is 1. The molecule has 0 saturated carbocycles. The van der Waals surface area contributed by atoms with Gasteiger partial charge in [0.25, 0.3) is 15.9 Å². The highest BCUT2D eigenvalue weighted by molar-refractivity contribution is 7.92. The van der Waals surface area contributed by atoms with E-state index in [2.05, 4.69) is 26.1 Å². The van der Waals surface area contributed by atoms with Crippen LogP contribution in [0, 0.1) is 0 Å². The van der Waals surface area contributed by atoms with Crippen LogP contribution in [0.15, 0.2) is 89.8 Å². The van der Waals surface area contributed by atoms with Crippen molar-refractivity contribution in [3.63, 3.8) is 0 Å². The molecule has 202 valence electrons. The summed E-state index contributed by atoms with van der Waals surface area (Å²) in [5.41, 5.74) is 2.10. The Kier molecular flexibility index (Phi) is 6.99. The van der Waals surface area contributed by atoms with Crippen molar-refractivity contribution in [2.75, 3.05) is 18.0 Å². The van der Waals surface area contributed by atoms with Gasteiger partial charge in [0.15, 0.2) is 6.10 Å². The van der Waals surface area contributed by atoms with Gasteiger partial charge in [0.2, 0.25) is 0 Å². The second-order valence-corrected chi connectivity index (χ2v) is 12.5. The number of hydrogen-bond donors (Lipinski definition) is 1. The van der Waals surface area contributed by atoms with Gasteiger partial charge in [0, 0.05) is 6.54 Å². The Morgan fingerprint density at radius 2 is 1.69 bits per heavy atom. The Balaban J connectivity index is 1.44. The number of rotatable bonds is 6. The summed E-state index contributed by atoms with van der Waals surface area (Å²) < 4.78 is 40.3. The van der Waals surface area contributed by atoms with Crippen molar-refractivity contribution in [1.82, 2.24) is 5.32 Å². The lowest BCUT2D eigenvalue weighted by Gasteiger charge is -2.36. The highest BCUT2D eigenvalue weighted by atomic mass is 32.2. The topological polar surface area (TPSA) is 84.9 Å². The number of anilines is 1. The summed E-state index contributed by atoms with van der Waals surface area (Å²) in [7, 11) is -2.48. The predicted octanol–water partition coefficient (Wildman–Crippen LogP) is 5.42. The zero-order valence-electron chi connectivity index (χ0n) is 22.5. The maximum atomic E-state index is 13.9. The smallest absolute Gasteiger partial charge is 0.264 e. The fourth-order valence-corrected chi connectivity index (χ4v) is 6.08. The van der Waals surface area contributed by atoms with Crippen LogP contribution in [0.1, 0.15) is 31.9 Å². The SMILES string of the molecule is COc1ccc(S(=O)(=O)N2C[C@@H](C(=O)NCc3ccc4ccccc4c3)Oc3ccc(C(C)(C)C)cc32)cc1. The minimum atomic E-state index is -4.00. The molecule has 1 heterocycles. The van der Waals surface area contributed by atoms with Crippen LogP contribution in [0.4, 0.5) is 5.69 Å². The summed E-state index contributed by atoms with van der Waals surface area (Å²) in [4.78, 5) is 13.4. The number of nitrogens with zero attached hydrogens (tertiary/aromatic N) is 1. The molecule has 0 unspecified atom stereocenters. The largest absolute Gasteiger partial charge is 0.497 e. The first-order chi connectivity index (χ1) is 18.6. The van der Waals surface area contributed by atoms with Gasteiger partial charge in [-0.1, -0.05) is 63.2 Å². The van der Waals surface area contributed by atoms with Crippen molar-refractivity contribution in [3.05, 3.63) is 96.1 Å². The van der Waals surface area contributed by atoms with E-state index in [0.717, 1.165) is 21.9 Å². The Morgan fingerprint density at radius 1 is 0.974 bits per heavy atom. The molecule has 1 N–H and O–H groups in total. The zero-order chi connectivity index (χ0) is 27.8. The van der Waals surface area contributed by atoms with Gasteiger partial charge in [-0.15, -0.1) is 0 Å². The number of nitrogens with one attached hydrogen (secondary N) is 1. The van der Waals surface area contributed by atoms with Crippen LogP contribution in [-0.4, -0.2) is 34.1 Å². The number of carbonyl (C=O) groups is 1. The third-order valence-electron chi connectivity index (χ3n) is 6.92. The van der Waals surface area contributed by atoms with Crippen molar-refractivity contribution in [1.29, 1.82) is 0 Å². The molecular weight excluding hydrogens is 512 g/mol.